The number of fused-ring (bicyclic) bond motifs is 1. The van der Waals surface area contributed by atoms with Gasteiger partial charge in [0.1, 0.15) is 10.3 Å². The quantitative estimate of drug-likeness (QED) is 0.155. The first kappa shape index (κ1) is 31.0. The highest BCUT2D eigenvalue weighted by Gasteiger charge is 2.32. The number of aryl methyl sites for hydroxylation is 1. The average molecular weight is 628 g/mol. The van der Waals surface area contributed by atoms with Gasteiger partial charge in [-0.3, -0.25) is 14.4 Å². The van der Waals surface area contributed by atoms with E-state index in [0.717, 1.165) is 26.5 Å². The number of ether oxygens (including phenoxy) is 1. The van der Waals surface area contributed by atoms with Crippen molar-refractivity contribution in [1.29, 1.82) is 0 Å². The fourth-order valence-electron chi connectivity index (χ4n) is 5.03. The van der Waals surface area contributed by atoms with Crippen LogP contribution in [0.15, 0.2) is 83.8 Å². The molecule has 8 nitrogen and oxygen atoms in total. The van der Waals surface area contributed by atoms with Gasteiger partial charge in [-0.15, -0.1) is 23.1 Å². The highest BCUT2D eigenvalue weighted by Crippen LogP contribution is 2.41. The van der Waals surface area contributed by atoms with Crippen LogP contribution in [0.3, 0.4) is 0 Å². The molecule has 0 bridgehead atoms. The predicted octanol–water partition coefficient (Wildman–Crippen LogP) is 6.86. The molecule has 1 aromatic heterocycles. The Hall–Kier alpha value is -4.41. The maximum Gasteiger partial charge on any atom is 0.341 e. The summed E-state index contributed by atoms with van der Waals surface area (Å²) in [5.41, 5.74) is 4.13. The molecular formula is C34H33N3O5S2. The maximum absolute atomic E-state index is 14.0. The molecule has 226 valence electrons. The summed E-state index contributed by atoms with van der Waals surface area (Å²) in [6, 6.07) is 24.1. The number of hydrogen-bond acceptors (Lipinski definition) is 7. The molecule has 1 unspecified atom stereocenters. The lowest BCUT2D eigenvalue weighted by Gasteiger charge is -2.25. The van der Waals surface area contributed by atoms with Crippen LogP contribution in [0.4, 0.5) is 10.7 Å². The molecule has 0 saturated heterocycles. The van der Waals surface area contributed by atoms with Crippen molar-refractivity contribution in [3.63, 3.8) is 0 Å². The summed E-state index contributed by atoms with van der Waals surface area (Å²) >= 11 is 2.65. The lowest BCUT2D eigenvalue weighted by atomic mass is 10.0. The molecule has 0 radical (unpaired) electrons. The number of anilines is 2. The molecule has 0 saturated carbocycles. The molecule has 0 fully saturated rings. The fourth-order valence-corrected chi connectivity index (χ4v) is 7.37. The van der Waals surface area contributed by atoms with Gasteiger partial charge in [0.15, 0.2) is 0 Å². The minimum atomic E-state index is -0.665. The monoisotopic (exact) mass is 627 g/mol. The second kappa shape index (κ2) is 13.9. The normalized spacial score (nSPS) is 13.0. The van der Waals surface area contributed by atoms with Crippen LogP contribution in [0.1, 0.15) is 61.4 Å². The van der Waals surface area contributed by atoms with E-state index in [9.17, 15) is 19.2 Å². The van der Waals surface area contributed by atoms with Crippen molar-refractivity contribution in [3.05, 3.63) is 112 Å². The largest absolute Gasteiger partial charge is 0.462 e. The van der Waals surface area contributed by atoms with Gasteiger partial charge in [0, 0.05) is 34.5 Å². The Bertz CT molecular complexity index is 1700. The molecular weight excluding hydrogens is 595 g/mol. The van der Waals surface area contributed by atoms with E-state index in [0.29, 0.717) is 41.3 Å². The number of hydrogen-bond donors (Lipinski definition) is 2. The van der Waals surface area contributed by atoms with E-state index in [-0.39, 0.29) is 24.3 Å². The van der Waals surface area contributed by atoms with Gasteiger partial charge in [0.2, 0.25) is 11.8 Å². The molecule has 0 spiro atoms. The van der Waals surface area contributed by atoms with E-state index in [2.05, 4.69) is 10.6 Å². The van der Waals surface area contributed by atoms with Crippen LogP contribution in [0, 0.1) is 6.92 Å². The number of thiophene rings is 1. The molecule has 1 aliphatic heterocycles. The number of amides is 3. The van der Waals surface area contributed by atoms with Crippen LogP contribution in [-0.4, -0.2) is 41.7 Å². The van der Waals surface area contributed by atoms with Crippen LogP contribution in [0.5, 0.6) is 0 Å². The number of thioether (sulfide) groups is 1. The molecule has 2 N–H and O–H groups in total. The zero-order valence-electron chi connectivity index (χ0n) is 24.7. The third-order valence-electron chi connectivity index (χ3n) is 7.19. The smallest absolute Gasteiger partial charge is 0.341 e. The van der Waals surface area contributed by atoms with Gasteiger partial charge in [-0.05, 0) is 61.7 Å². The van der Waals surface area contributed by atoms with E-state index < -0.39 is 11.2 Å². The van der Waals surface area contributed by atoms with Crippen LogP contribution >= 0.6 is 23.1 Å². The van der Waals surface area contributed by atoms with Gasteiger partial charge >= 0.3 is 5.97 Å². The summed E-state index contributed by atoms with van der Waals surface area (Å²) in [4.78, 5) is 55.4. The van der Waals surface area contributed by atoms with Crippen LogP contribution < -0.4 is 10.6 Å². The van der Waals surface area contributed by atoms with Gasteiger partial charge in [0.25, 0.3) is 5.91 Å². The topological polar surface area (TPSA) is 105 Å². The summed E-state index contributed by atoms with van der Waals surface area (Å²) < 4.78 is 5.37. The number of carbonyl (C=O) groups is 4. The van der Waals surface area contributed by atoms with Crippen molar-refractivity contribution in [1.82, 2.24) is 4.90 Å². The summed E-state index contributed by atoms with van der Waals surface area (Å²) in [5, 5.41) is 5.73. The van der Waals surface area contributed by atoms with E-state index in [1.54, 1.807) is 17.9 Å². The number of carbonyl (C=O) groups excluding carboxylic acids is 4. The Morgan fingerprint density at radius 2 is 1.75 bits per heavy atom. The molecule has 3 amide bonds. The van der Waals surface area contributed by atoms with Crippen molar-refractivity contribution < 1.29 is 23.9 Å². The van der Waals surface area contributed by atoms with Crippen molar-refractivity contribution in [3.8, 4) is 0 Å². The number of esters is 1. The van der Waals surface area contributed by atoms with Gasteiger partial charge in [-0.2, -0.15) is 0 Å². The van der Waals surface area contributed by atoms with Gasteiger partial charge < -0.3 is 20.3 Å². The van der Waals surface area contributed by atoms with Crippen molar-refractivity contribution in [2.75, 3.05) is 23.8 Å². The highest BCUT2D eigenvalue weighted by atomic mass is 32.2. The lowest BCUT2D eigenvalue weighted by molar-refractivity contribution is -0.129. The van der Waals surface area contributed by atoms with E-state index >= 15 is 0 Å². The highest BCUT2D eigenvalue weighted by molar-refractivity contribution is 8.00. The SMILES string of the molecule is CCOC(=O)c1c(NC(=O)C(Sc2cccc(NC(=O)c3cccc(C)c3)c2)c2ccccc2)sc2c1CCN(C(C)=O)C2. The van der Waals surface area contributed by atoms with Crippen molar-refractivity contribution in [2.45, 2.75) is 43.9 Å². The third-order valence-corrected chi connectivity index (χ3v) is 9.57. The Morgan fingerprint density at radius 1 is 0.977 bits per heavy atom. The summed E-state index contributed by atoms with van der Waals surface area (Å²) in [6.07, 6.45) is 0.507. The fraction of sp³-hybridized carbons (Fsp3) is 0.235. The van der Waals surface area contributed by atoms with Gasteiger partial charge in [0.05, 0.1) is 18.7 Å². The minimum Gasteiger partial charge on any atom is -0.462 e. The maximum atomic E-state index is 14.0. The van der Waals surface area contributed by atoms with Crippen molar-refractivity contribution >= 4 is 57.5 Å². The Morgan fingerprint density at radius 3 is 2.48 bits per heavy atom. The summed E-state index contributed by atoms with van der Waals surface area (Å²) in [5.74, 6) is -1.05. The van der Waals surface area contributed by atoms with E-state index in [1.807, 2.05) is 79.7 Å². The molecule has 2 heterocycles. The lowest BCUT2D eigenvalue weighted by Crippen LogP contribution is -2.34. The van der Waals surface area contributed by atoms with E-state index in [1.165, 1.54) is 30.0 Å². The zero-order valence-corrected chi connectivity index (χ0v) is 26.3. The van der Waals surface area contributed by atoms with Gasteiger partial charge in [-0.1, -0.05) is 54.1 Å². The molecule has 0 aliphatic carbocycles. The molecule has 5 rings (SSSR count). The second-order valence-electron chi connectivity index (χ2n) is 10.4. The zero-order chi connectivity index (χ0) is 31.2. The first-order valence-electron chi connectivity index (χ1n) is 14.3. The Labute approximate surface area is 264 Å². The molecule has 10 heteroatoms. The predicted molar refractivity (Wildman–Crippen MR) is 174 cm³/mol. The summed E-state index contributed by atoms with van der Waals surface area (Å²) in [7, 11) is 0. The molecule has 44 heavy (non-hydrogen) atoms. The Kier molecular flexibility index (Phi) is 9.82. The number of nitrogens with zero attached hydrogens (tertiary/aromatic N) is 1. The molecule has 3 aromatic carbocycles. The van der Waals surface area contributed by atoms with Crippen LogP contribution in [0.2, 0.25) is 0 Å². The average Bonchev–Trinajstić information content (AvgIpc) is 3.37. The van der Waals surface area contributed by atoms with E-state index in [4.69, 9.17) is 4.74 Å². The van der Waals surface area contributed by atoms with Crippen LogP contribution in [0.25, 0.3) is 0 Å². The summed E-state index contributed by atoms with van der Waals surface area (Å²) in [6.45, 7) is 6.29. The minimum absolute atomic E-state index is 0.0369. The third kappa shape index (κ3) is 7.20. The first-order chi connectivity index (χ1) is 21.2. The molecule has 1 aliphatic rings. The van der Waals surface area contributed by atoms with Crippen molar-refractivity contribution in [2.24, 2.45) is 0 Å². The molecule has 1 atom stereocenters. The Balaban J connectivity index is 1.41. The molecule has 4 aromatic rings. The first-order valence-corrected chi connectivity index (χ1v) is 16.0. The van der Waals surface area contributed by atoms with Crippen LogP contribution in [-0.2, 0) is 27.3 Å². The number of benzene rings is 3. The second-order valence-corrected chi connectivity index (χ2v) is 12.7. The number of rotatable bonds is 9. The standard InChI is InChI=1S/C34H33N3O5S2/c1-4-42-34(41)29-27-16-17-37(22(3)38)20-28(27)44-33(29)36-32(40)30(23-11-6-5-7-12-23)43-26-15-9-14-25(19-26)35-31(39)24-13-8-10-21(2)18-24/h5-15,18-19,30H,4,16-17,20H2,1-3H3,(H,35,39)(H,36,40). The van der Waals surface area contributed by atoms with Gasteiger partial charge in [-0.25, -0.2) is 4.79 Å². The number of nitrogens with one attached hydrogen (secondary N) is 2.